The van der Waals surface area contributed by atoms with Gasteiger partial charge in [0.1, 0.15) is 12.2 Å². The van der Waals surface area contributed by atoms with Crippen LogP contribution in [0.15, 0.2) is 0 Å². The van der Waals surface area contributed by atoms with Gasteiger partial charge in [-0.1, -0.05) is 65.7 Å². The third kappa shape index (κ3) is 15.3. The van der Waals surface area contributed by atoms with E-state index in [4.69, 9.17) is 9.47 Å². The lowest BCUT2D eigenvalue weighted by molar-refractivity contribution is -0.131. The smallest absolute Gasteiger partial charge is 0.407 e. The molecule has 33 heavy (non-hydrogen) atoms. The molecule has 6 heteroatoms. The molecule has 1 rings (SSSR count). The van der Waals surface area contributed by atoms with Crippen molar-refractivity contribution in [2.75, 3.05) is 19.7 Å². The normalized spacial score (nSPS) is 21.1. The molecule has 0 aromatic rings. The summed E-state index contributed by atoms with van der Waals surface area (Å²) in [5.74, 6) is 1.91. The average Bonchev–Trinajstić information content (AvgIpc) is 2.71. The van der Waals surface area contributed by atoms with E-state index in [1.165, 1.54) is 38.5 Å². The highest BCUT2D eigenvalue weighted by Crippen LogP contribution is 2.35. The van der Waals surface area contributed by atoms with Gasteiger partial charge in [0.15, 0.2) is 0 Å². The predicted octanol–water partition coefficient (Wildman–Crippen LogP) is 6.23. The molecule has 2 amide bonds. The lowest BCUT2D eigenvalue weighted by Gasteiger charge is -2.37. The number of nitrogens with one attached hydrogen (secondary N) is 2. The lowest BCUT2D eigenvalue weighted by Crippen LogP contribution is -2.37. The molecule has 3 atom stereocenters. The first-order valence-corrected chi connectivity index (χ1v) is 13.4. The number of rotatable bonds is 15. The maximum absolute atomic E-state index is 12.1. The van der Waals surface area contributed by atoms with E-state index in [2.05, 4.69) is 31.4 Å². The number of unbranched alkanes of at least 4 members (excludes halogenated alkanes) is 7. The summed E-state index contributed by atoms with van der Waals surface area (Å²) < 4.78 is 11.3. The van der Waals surface area contributed by atoms with E-state index >= 15 is 0 Å². The van der Waals surface area contributed by atoms with Crippen LogP contribution >= 0.6 is 0 Å². The number of carbonyl (C=O) groups is 2. The first-order chi connectivity index (χ1) is 15.6. The van der Waals surface area contributed by atoms with Crippen molar-refractivity contribution in [1.29, 1.82) is 0 Å². The quantitative estimate of drug-likeness (QED) is 0.280. The highest BCUT2D eigenvalue weighted by Gasteiger charge is 2.31. The van der Waals surface area contributed by atoms with E-state index in [1.54, 1.807) is 0 Å². The summed E-state index contributed by atoms with van der Waals surface area (Å²) in [6.45, 7) is 14.0. The van der Waals surface area contributed by atoms with Gasteiger partial charge in [-0.15, -0.1) is 0 Å². The van der Waals surface area contributed by atoms with Crippen LogP contribution in [0.4, 0.5) is 4.79 Å². The molecule has 0 heterocycles. The lowest BCUT2D eigenvalue weighted by atomic mass is 9.75. The van der Waals surface area contributed by atoms with E-state index < -0.39 is 5.60 Å². The van der Waals surface area contributed by atoms with Crippen LogP contribution in [0.3, 0.4) is 0 Å². The minimum atomic E-state index is -0.439. The largest absolute Gasteiger partial charge is 0.444 e. The summed E-state index contributed by atoms with van der Waals surface area (Å²) in [6.07, 6.45) is 12.6. The molecule has 0 unspecified atom stereocenters. The van der Waals surface area contributed by atoms with E-state index in [1.807, 2.05) is 20.8 Å². The fourth-order valence-electron chi connectivity index (χ4n) is 4.58. The van der Waals surface area contributed by atoms with Crippen LogP contribution in [0.1, 0.15) is 112 Å². The first kappa shape index (κ1) is 29.7. The standard InChI is InChI=1S/C27H52N2O4/c1-21(2)23-16-15-22(3)19-24(23)32-20-25(30)28-17-13-11-9-7-8-10-12-14-18-29-26(31)33-27(4,5)6/h21-24H,7-20H2,1-6H3,(H,28,30)(H,29,31)/t22-,23+,24-/m1/s1. The second kappa shape index (κ2) is 16.3. The Morgan fingerprint density at radius 1 is 0.879 bits per heavy atom. The van der Waals surface area contributed by atoms with Crippen molar-refractivity contribution < 1.29 is 19.1 Å². The molecule has 1 aliphatic rings. The molecule has 0 aliphatic heterocycles. The Morgan fingerprint density at radius 2 is 1.42 bits per heavy atom. The summed E-state index contributed by atoms with van der Waals surface area (Å²) in [4.78, 5) is 23.7. The van der Waals surface area contributed by atoms with Gasteiger partial charge < -0.3 is 20.1 Å². The Balaban J connectivity index is 1.93. The van der Waals surface area contributed by atoms with E-state index in [-0.39, 0.29) is 24.7 Å². The predicted molar refractivity (Wildman–Crippen MR) is 135 cm³/mol. The number of hydrogen-bond donors (Lipinski definition) is 2. The van der Waals surface area contributed by atoms with Crippen molar-refractivity contribution in [2.45, 2.75) is 124 Å². The fraction of sp³-hybridized carbons (Fsp3) is 0.926. The van der Waals surface area contributed by atoms with Gasteiger partial charge in [-0.05, 0) is 64.2 Å². The van der Waals surface area contributed by atoms with Crippen molar-refractivity contribution in [3.05, 3.63) is 0 Å². The maximum Gasteiger partial charge on any atom is 0.407 e. The van der Waals surface area contributed by atoms with Gasteiger partial charge in [0.25, 0.3) is 0 Å². The fourth-order valence-corrected chi connectivity index (χ4v) is 4.58. The van der Waals surface area contributed by atoms with E-state index in [9.17, 15) is 9.59 Å². The highest BCUT2D eigenvalue weighted by atomic mass is 16.6. The van der Waals surface area contributed by atoms with Crippen LogP contribution in [0.2, 0.25) is 0 Å². The average molecular weight is 469 g/mol. The van der Waals surface area contributed by atoms with Crippen molar-refractivity contribution in [1.82, 2.24) is 10.6 Å². The maximum atomic E-state index is 12.1. The van der Waals surface area contributed by atoms with Crippen LogP contribution < -0.4 is 10.6 Å². The molecule has 1 saturated carbocycles. The molecule has 6 nitrogen and oxygen atoms in total. The monoisotopic (exact) mass is 468 g/mol. The van der Waals surface area contributed by atoms with Gasteiger partial charge in [-0.2, -0.15) is 0 Å². The first-order valence-electron chi connectivity index (χ1n) is 13.4. The zero-order chi connectivity index (χ0) is 24.7. The number of carbonyl (C=O) groups excluding carboxylic acids is 2. The molecule has 194 valence electrons. The zero-order valence-electron chi connectivity index (χ0n) is 22.3. The second-order valence-corrected chi connectivity index (χ2v) is 11.3. The Labute approximate surface area is 203 Å². The van der Waals surface area contributed by atoms with Gasteiger partial charge in [0, 0.05) is 13.1 Å². The van der Waals surface area contributed by atoms with Crippen LogP contribution in [-0.2, 0) is 14.3 Å². The Bertz CT molecular complexity index is 545. The van der Waals surface area contributed by atoms with Crippen LogP contribution in [0.5, 0.6) is 0 Å². The van der Waals surface area contributed by atoms with E-state index in [0.717, 1.165) is 38.6 Å². The van der Waals surface area contributed by atoms with Crippen LogP contribution in [-0.4, -0.2) is 43.4 Å². The van der Waals surface area contributed by atoms with Crippen molar-refractivity contribution >= 4 is 12.0 Å². The van der Waals surface area contributed by atoms with Crippen molar-refractivity contribution in [2.24, 2.45) is 17.8 Å². The third-order valence-corrected chi connectivity index (χ3v) is 6.48. The molecule has 0 aromatic carbocycles. The minimum absolute atomic E-state index is 0.0238. The van der Waals surface area contributed by atoms with Crippen LogP contribution in [0, 0.1) is 17.8 Å². The summed E-state index contributed by atoms with van der Waals surface area (Å²) >= 11 is 0. The number of hydrogen-bond acceptors (Lipinski definition) is 4. The Kier molecular flexibility index (Phi) is 14.7. The molecule has 0 spiro atoms. The van der Waals surface area contributed by atoms with Crippen molar-refractivity contribution in [3.8, 4) is 0 Å². The van der Waals surface area contributed by atoms with Gasteiger partial charge in [-0.3, -0.25) is 4.79 Å². The second-order valence-electron chi connectivity index (χ2n) is 11.3. The molecule has 0 saturated heterocycles. The molecule has 0 aromatic heterocycles. The molecular formula is C27H52N2O4. The Morgan fingerprint density at radius 3 is 1.97 bits per heavy atom. The number of ether oxygens (including phenoxy) is 2. The minimum Gasteiger partial charge on any atom is -0.444 e. The van der Waals surface area contributed by atoms with Crippen molar-refractivity contribution in [3.63, 3.8) is 0 Å². The molecule has 1 aliphatic carbocycles. The number of alkyl carbamates (subject to hydrolysis) is 1. The zero-order valence-corrected chi connectivity index (χ0v) is 22.3. The third-order valence-electron chi connectivity index (χ3n) is 6.48. The van der Waals surface area contributed by atoms with Gasteiger partial charge in [0.05, 0.1) is 6.10 Å². The Hall–Kier alpha value is -1.30. The SMILES string of the molecule is CC(C)[C@@H]1CC[C@@H](C)C[C@H]1OCC(=O)NCCCCCCCCCCNC(=O)OC(C)(C)C. The summed E-state index contributed by atoms with van der Waals surface area (Å²) in [5.41, 5.74) is -0.439. The van der Waals surface area contributed by atoms with Gasteiger partial charge in [-0.25, -0.2) is 4.79 Å². The topological polar surface area (TPSA) is 76.7 Å². The van der Waals surface area contributed by atoms with Gasteiger partial charge >= 0.3 is 6.09 Å². The summed E-state index contributed by atoms with van der Waals surface area (Å²) in [6, 6.07) is 0. The molecule has 0 radical (unpaired) electrons. The van der Waals surface area contributed by atoms with E-state index in [0.29, 0.717) is 24.3 Å². The molecular weight excluding hydrogens is 416 g/mol. The molecule has 0 bridgehead atoms. The van der Waals surface area contributed by atoms with Gasteiger partial charge in [0.2, 0.25) is 5.91 Å². The number of amides is 2. The molecule has 2 N–H and O–H groups in total. The summed E-state index contributed by atoms with van der Waals surface area (Å²) in [7, 11) is 0. The molecule has 1 fully saturated rings. The highest BCUT2D eigenvalue weighted by molar-refractivity contribution is 5.77. The van der Waals surface area contributed by atoms with Crippen LogP contribution in [0.25, 0.3) is 0 Å². The summed E-state index contributed by atoms with van der Waals surface area (Å²) in [5, 5.41) is 5.82.